The van der Waals surface area contributed by atoms with Crippen LogP contribution in [0.2, 0.25) is 0 Å². The second-order valence-corrected chi connectivity index (χ2v) is 5.44. The Kier molecular flexibility index (Phi) is 3.52. The van der Waals surface area contributed by atoms with E-state index in [4.69, 9.17) is 5.73 Å². The Morgan fingerprint density at radius 2 is 1.95 bits per heavy atom. The first-order valence-corrected chi connectivity index (χ1v) is 7.17. The molecule has 0 unspecified atom stereocenters. The number of nitrogen functional groups attached to an aromatic ring is 1. The molecule has 0 atom stereocenters. The van der Waals surface area contributed by atoms with Gasteiger partial charge in [-0.15, -0.1) is 0 Å². The maximum Gasteiger partial charge on any atom is 0.326 e. The molecule has 2 aromatic rings. The molecular formula is C17H19N3O. The molecule has 0 bridgehead atoms. The zero-order valence-corrected chi connectivity index (χ0v) is 12.1. The average molecular weight is 281 g/mol. The van der Waals surface area contributed by atoms with E-state index in [2.05, 4.69) is 5.32 Å². The van der Waals surface area contributed by atoms with Gasteiger partial charge in [-0.3, -0.25) is 4.90 Å². The summed E-state index contributed by atoms with van der Waals surface area (Å²) < 4.78 is 0. The summed E-state index contributed by atoms with van der Waals surface area (Å²) in [5.74, 6) is 0. The fourth-order valence-corrected chi connectivity index (χ4v) is 2.63. The monoisotopic (exact) mass is 281 g/mol. The van der Waals surface area contributed by atoms with Crippen molar-refractivity contribution in [1.82, 2.24) is 0 Å². The van der Waals surface area contributed by atoms with Crippen molar-refractivity contribution < 1.29 is 4.79 Å². The van der Waals surface area contributed by atoms with Crippen LogP contribution in [0, 0.1) is 6.92 Å². The van der Waals surface area contributed by atoms with Crippen molar-refractivity contribution in [3.63, 3.8) is 0 Å². The van der Waals surface area contributed by atoms with E-state index in [-0.39, 0.29) is 6.03 Å². The molecule has 3 N–H and O–H groups in total. The number of urea groups is 1. The lowest BCUT2D eigenvalue weighted by atomic mass is 10.0. The van der Waals surface area contributed by atoms with Crippen LogP contribution in [-0.2, 0) is 6.42 Å². The van der Waals surface area contributed by atoms with Crippen LogP contribution in [0.3, 0.4) is 0 Å². The zero-order valence-electron chi connectivity index (χ0n) is 12.1. The standard InChI is InChI=1S/C17H19N3O/c1-12-4-8-15(9-5-12)19-17(21)20-10-2-3-13-6-7-14(18)11-16(13)20/h4-9,11H,2-3,10,18H2,1H3,(H,19,21). The number of carbonyl (C=O) groups is 1. The minimum absolute atomic E-state index is 0.106. The lowest BCUT2D eigenvalue weighted by Gasteiger charge is -2.29. The Labute approximate surface area is 124 Å². The van der Waals surface area contributed by atoms with Crippen molar-refractivity contribution in [1.29, 1.82) is 0 Å². The molecule has 2 aromatic carbocycles. The molecule has 21 heavy (non-hydrogen) atoms. The van der Waals surface area contributed by atoms with Crippen LogP contribution in [0.15, 0.2) is 42.5 Å². The molecule has 1 aliphatic heterocycles. The Morgan fingerprint density at radius 1 is 1.19 bits per heavy atom. The molecule has 0 saturated carbocycles. The maximum atomic E-state index is 12.5. The second kappa shape index (κ2) is 5.48. The normalized spacial score (nSPS) is 13.7. The fraction of sp³-hybridized carbons (Fsp3) is 0.235. The third-order valence-corrected chi connectivity index (χ3v) is 3.78. The van der Waals surface area contributed by atoms with Crippen LogP contribution >= 0.6 is 0 Å². The van der Waals surface area contributed by atoms with E-state index >= 15 is 0 Å². The lowest BCUT2D eigenvalue weighted by Crippen LogP contribution is -2.38. The van der Waals surface area contributed by atoms with Gasteiger partial charge in [-0.05, 0) is 49.6 Å². The van der Waals surface area contributed by atoms with Crippen LogP contribution in [0.25, 0.3) is 0 Å². The molecule has 3 rings (SSSR count). The van der Waals surface area contributed by atoms with Gasteiger partial charge in [0.25, 0.3) is 0 Å². The first kappa shape index (κ1) is 13.5. The largest absolute Gasteiger partial charge is 0.399 e. The van der Waals surface area contributed by atoms with E-state index in [9.17, 15) is 4.79 Å². The zero-order chi connectivity index (χ0) is 14.8. The van der Waals surface area contributed by atoms with Crippen molar-refractivity contribution in [3.8, 4) is 0 Å². The topological polar surface area (TPSA) is 58.4 Å². The number of nitrogens with zero attached hydrogens (tertiary/aromatic N) is 1. The van der Waals surface area contributed by atoms with Gasteiger partial charge < -0.3 is 11.1 Å². The molecule has 4 heteroatoms. The smallest absolute Gasteiger partial charge is 0.326 e. The number of benzene rings is 2. The highest BCUT2D eigenvalue weighted by Gasteiger charge is 2.22. The summed E-state index contributed by atoms with van der Waals surface area (Å²) in [6.45, 7) is 2.74. The van der Waals surface area contributed by atoms with Crippen molar-refractivity contribution >= 4 is 23.1 Å². The Hall–Kier alpha value is -2.49. The molecule has 2 amide bonds. The summed E-state index contributed by atoms with van der Waals surface area (Å²) in [6, 6.07) is 13.5. The number of rotatable bonds is 1. The van der Waals surface area contributed by atoms with E-state index in [0.29, 0.717) is 12.2 Å². The van der Waals surface area contributed by atoms with Gasteiger partial charge in [0, 0.05) is 17.9 Å². The van der Waals surface area contributed by atoms with Crippen molar-refractivity contribution in [3.05, 3.63) is 53.6 Å². The van der Waals surface area contributed by atoms with E-state index in [1.54, 1.807) is 4.90 Å². The van der Waals surface area contributed by atoms with Crippen LogP contribution in [-0.4, -0.2) is 12.6 Å². The average Bonchev–Trinajstić information content (AvgIpc) is 2.49. The van der Waals surface area contributed by atoms with Crippen LogP contribution in [0.5, 0.6) is 0 Å². The van der Waals surface area contributed by atoms with Gasteiger partial charge in [-0.1, -0.05) is 23.8 Å². The third-order valence-electron chi connectivity index (χ3n) is 3.78. The molecule has 1 heterocycles. The predicted octanol–water partition coefficient (Wildman–Crippen LogP) is 3.56. The first-order chi connectivity index (χ1) is 10.1. The van der Waals surface area contributed by atoms with E-state index < -0.39 is 0 Å². The van der Waals surface area contributed by atoms with Crippen molar-refractivity contribution in [2.24, 2.45) is 0 Å². The Bertz CT molecular complexity index is 664. The van der Waals surface area contributed by atoms with Gasteiger partial charge in [0.15, 0.2) is 0 Å². The lowest BCUT2D eigenvalue weighted by molar-refractivity contribution is 0.256. The second-order valence-electron chi connectivity index (χ2n) is 5.44. The summed E-state index contributed by atoms with van der Waals surface area (Å²) in [5.41, 5.74) is 10.6. The molecule has 0 aliphatic carbocycles. The van der Waals surface area contributed by atoms with Gasteiger partial charge in [-0.25, -0.2) is 4.79 Å². The van der Waals surface area contributed by atoms with Gasteiger partial charge in [0.2, 0.25) is 0 Å². The number of aryl methyl sites for hydroxylation is 2. The molecule has 4 nitrogen and oxygen atoms in total. The number of anilines is 3. The van der Waals surface area contributed by atoms with Crippen LogP contribution in [0.4, 0.5) is 21.9 Å². The van der Waals surface area contributed by atoms with Gasteiger partial charge in [-0.2, -0.15) is 0 Å². The number of nitrogens with one attached hydrogen (secondary N) is 1. The van der Waals surface area contributed by atoms with E-state index in [0.717, 1.165) is 24.2 Å². The van der Waals surface area contributed by atoms with Crippen molar-refractivity contribution in [2.75, 3.05) is 22.5 Å². The number of carbonyl (C=O) groups excluding carboxylic acids is 1. The number of hydrogen-bond donors (Lipinski definition) is 2. The SMILES string of the molecule is Cc1ccc(NC(=O)N2CCCc3ccc(N)cc32)cc1. The number of fused-ring (bicyclic) bond motifs is 1. The van der Waals surface area contributed by atoms with Crippen LogP contribution in [0.1, 0.15) is 17.5 Å². The summed E-state index contributed by atoms with van der Waals surface area (Å²) >= 11 is 0. The predicted molar refractivity (Wildman–Crippen MR) is 86.7 cm³/mol. The summed E-state index contributed by atoms with van der Waals surface area (Å²) in [7, 11) is 0. The molecular weight excluding hydrogens is 262 g/mol. The highest BCUT2D eigenvalue weighted by atomic mass is 16.2. The first-order valence-electron chi connectivity index (χ1n) is 7.17. The number of nitrogens with two attached hydrogens (primary N) is 1. The summed E-state index contributed by atoms with van der Waals surface area (Å²) in [5, 5.41) is 2.95. The Balaban J connectivity index is 1.83. The molecule has 0 fully saturated rings. The van der Waals surface area contributed by atoms with Gasteiger partial charge in [0.05, 0.1) is 5.69 Å². The third kappa shape index (κ3) is 2.84. The molecule has 108 valence electrons. The Morgan fingerprint density at radius 3 is 2.71 bits per heavy atom. The maximum absolute atomic E-state index is 12.5. The molecule has 0 spiro atoms. The fourth-order valence-electron chi connectivity index (χ4n) is 2.63. The van der Waals surface area contributed by atoms with E-state index in [1.165, 1.54) is 11.1 Å². The molecule has 0 radical (unpaired) electrons. The highest BCUT2D eigenvalue weighted by Crippen LogP contribution is 2.29. The minimum atomic E-state index is -0.106. The van der Waals surface area contributed by atoms with Gasteiger partial charge >= 0.3 is 6.03 Å². The number of hydrogen-bond acceptors (Lipinski definition) is 2. The number of amides is 2. The van der Waals surface area contributed by atoms with Gasteiger partial charge in [0.1, 0.15) is 0 Å². The molecule has 0 aromatic heterocycles. The quantitative estimate of drug-likeness (QED) is 0.785. The van der Waals surface area contributed by atoms with Crippen LogP contribution < -0.4 is 16.0 Å². The summed E-state index contributed by atoms with van der Waals surface area (Å²) in [6.07, 6.45) is 1.96. The van der Waals surface area contributed by atoms with E-state index in [1.807, 2.05) is 49.4 Å². The van der Waals surface area contributed by atoms with Crippen molar-refractivity contribution in [2.45, 2.75) is 19.8 Å². The minimum Gasteiger partial charge on any atom is -0.399 e. The summed E-state index contributed by atoms with van der Waals surface area (Å²) in [4.78, 5) is 14.3. The molecule has 0 saturated heterocycles. The molecule has 1 aliphatic rings. The highest BCUT2D eigenvalue weighted by molar-refractivity contribution is 6.02.